The van der Waals surface area contributed by atoms with Gasteiger partial charge in [-0.25, -0.2) is 0 Å². The molecular weight excluding hydrogens is 358 g/mol. The maximum Gasteiger partial charge on any atom is 0.253 e. The first kappa shape index (κ1) is 19.1. The van der Waals surface area contributed by atoms with Crippen LogP contribution in [0.25, 0.3) is 10.9 Å². The molecule has 0 fully saturated rings. The van der Waals surface area contributed by atoms with Crippen molar-refractivity contribution in [2.75, 3.05) is 18.5 Å². The molecule has 0 aliphatic rings. The third-order valence-corrected chi connectivity index (χ3v) is 4.76. The molecule has 0 saturated heterocycles. The van der Waals surface area contributed by atoms with E-state index in [4.69, 9.17) is 12.2 Å². The Bertz CT molecular complexity index is 1010. The number of aliphatic hydroxyl groups excluding tert-OH is 1. The van der Waals surface area contributed by atoms with Crippen LogP contribution in [0.3, 0.4) is 0 Å². The van der Waals surface area contributed by atoms with Crippen LogP contribution in [0, 0.1) is 13.8 Å². The van der Waals surface area contributed by atoms with Crippen LogP contribution in [0.15, 0.2) is 53.3 Å². The molecule has 140 valence electrons. The summed E-state index contributed by atoms with van der Waals surface area (Å²) in [7, 11) is 0. The summed E-state index contributed by atoms with van der Waals surface area (Å²) in [4.78, 5) is 17.2. The van der Waals surface area contributed by atoms with Gasteiger partial charge in [-0.15, -0.1) is 0 Å². The predicted octanol–water partition coefficient (Wildman–Crippen LogP) is 3.34. The first-order valence-corrected chi connectivity index (χ1v) is 9.23. The zero-order chi connectivity index (χ0) is 19.4. The molecule has 3 rings (SSSR count). The van der Waals surface area contributed by atoms with E-state index < -0.39 is 0 Å². The number of nitrogens with one attached hydrogen (secondary N) is 2. The van der Waals surface area contributed by atoms with Gasteiger partial charge >= 0.3 is 0 Å². The van der Waals surface area contributed by atoms with Gasteiger partial charge in [-0.1, -0.05) is 29.3 Å². The van der Waals surface area contributed by atoms with Gasteiger partial charge in [0.15, 0.2) is 5.11 Å². The van der Waals surface area contributed by atoms with E-state index in [1.165, 1.54) is 0 Å². The molecular formula is C21H23N3O2S. The first-order valence-electron chi connectivity index (χ1n) is 8.82. The Morgan fingerprint density at radius 1 is 1.11 bits per heavy atom. The summed E-state index contributed by atoms with van der Waals surface area (Å²) >= 11 is 5.51. The van der Waals surface area contributed by atoms with Crippen LogP contribution in [0.2, 0.25) is 0 Å². The number of fused-ring (bicyclic) bond motifs is 1. The molecule has 6 heteroatoms. The van der Waals surface area contributed by atoms with Gasteiger partial charge in [0, 0.05) is 23.3 Å². The smallest absolute Gasteiger partial charge is 0.253 e. The molecule has 3 N–H and O–H groups in total. The summed E-state index contributed by atoms with van der Waals surface area (Å²) in [5.74, 6) is 0. The lowest BCUT2D eigenvalue weighted by atomic mass is 10.1. The van der Waals surface area contributed by atoms with Gasteiger partial charge in [-0.05, 0) is 61.8 Å². The van der Waals surface area contributed by atoms with Gasteiger partial charge in [0.2, 0.25) is 0 Å². The maximum atomic E-state index is 12.5. The summed E-state index contributed by atoms with van der Waals surface area (Å²) < 4.78 is 0. The number of anilines is 1. The molecule has 0 saturated carbocycles. The fraction of sp³-hybridized carbons (Fsp3) is 0.238. The standard InChI is InChI=1S/C21H23N3O2S/c1-14-3-6-18(7-4-14)22-21(27)24(9-10-25)13-17-12-16-11-15(2)5-8-19(16)23-20(17)26/h3-8,11-12,25H,9-10,13H2,1-2H3,(H,22,27)(H,23,26). The largest absolute Gasteiger partial charge is 0.395 e. The number of nitrogens with zero attached hydrogens (tertiary/aromatic N) is 1. The second-order valence-electron chi connectivity index (χ2n) is 6.66. The van der Waals surface area contributed by atoms with Crippen molar-refractivity contribution in [2.24, 2.45) is 0 Å². The van der Waals surface area contributed by atoms with Crippen LogP contribution in [0.5, 0.6) is 0 Å². The Hall–Kier alpha value is -2.70. The Morgan fingerprint density at radius 2 is 1.81 bits per heavy atom. The van der Waals surface area contributed by atoms with E-state index in [0.717, 1.165) is 27.7 Å². The molecule has 5 nitrogen and oxygen atoms in total. The molecule has 27 heavy (non-hydrogen) atoms. The number of benzene rings is 2. The van der Waals surface area contributed by atoms with E-state index in [1.54, 1.807) is 4.90 Å². The van der Waals surface area contributed by atoms with Crippen LogP contribution >= 0.6 is 12.2 Å². The van der Waals surface area contributed by atoms with Crippen LogP contribution in [-0.2, 0) is 6.54 Å². The molecule has 2 aromatic carbocycles. The van der Waals surface area contributed by atoms with E-state index >= 15 is 0 Å². The highest BCUT2D eigenvalue weighted by Gasteiger charge is 2.13. The van der Waals surface area contributed by atoms with E-state index in [9.17, 15) is 9.90 Å². The van der Waals surface area contributed by atoms with E-state index in [-0.39, 0.29) is 12.2 Å². The fourth-order valence-corrected chi connectivity index (χ4v) is 3.18. The summed E-state index contributed by atoms with van der Waals surface area (Å²) in [6, 6.07) is 15.7. The van der Waals surface area contributed by atoms with Crippen LogP contribution < -0.4 is 10.9 Å². The summed E-state index contributed by atoms with van der Waals surface area (Å²) in [5.41, 5.74) is 4.43. The van der Waals surface area contributed by atoms with Crippen molar-refractivity contribution in [3.05, 3.63) is 75.6 Å². The van der Waals surface area contributed by atoms with E-state index in [1.807, 2.05) is 62.4 Å². The minimum atomic E-state index is -0.146. The summed E-state index contributed by atoms with van der Waals surface area (Å²) in [6.07, 6.45) is 0. The highest BCUT2D eigenvalue weighted by atomic mass is 32.1. The van der Waals surface area contributed by atoms with Crippen molar-refractivity contribution in [2.45, 2.75) is 20.4 Å². The van der Waals surface area contributed by atoms with Crippen LogP contribution in [0.4, 0.5) is 5.69 Å². The third kappa shape index (κ3) is 4.72. The SMILES string of the molecule is Cc1ccc(NC(=S)N(CCO)Cc2cc3cc(C)ccc3[nH]c2=O)cc1. The Morgan fingerprint density at radius 3 is 2.52 bits per heavy atom. The lowest BCUT2D eigenvalue weighted by Gasteiger charge is -2.25. The van der Waals surface area contributed by atoms with Crippen LogP contribution in [-0.4, -0.2) is 33.3 Å². The maximum absolute atomic E-state index is 12.5. The van der Waals surface area contributed by atoms with Gasteiger partial charge in [-0.3, -0.25) is 4.79 Å². The number of hydrogen-bond donors (Lipinski definition) is 3. The third-order valence-electron chi connectivity index (χ3n) is 4.40. The van der Waals surface area contributed by atoms with E-state index in [0.29, 0.717) is 23.8 Å². The zero-order valence-corrected chi connectivity index (χ0v) is 16.3. The fourth-order valence-electron chi connectivity index (χ4n) is 2.91. The van der Waals surface area contributed by atoms with Crippen molar-refractivity contribution in [1.29, 1.82) is 0 Å². The van der Waals surface area contributed by atoms with Gasteiger partial charge < -0.3 is 20.3 Å². The van der Waals surface area contributed by atoms with Gasteiger partial charge in [0.1, 0.15) is 0 Å². The van der Waals surface area contributed by atoms with Crippen molar-refractivity contribution >= 4 is 33.9 Å². The normalized spacial score (nSPS) is 10.8. The van der Waals surface area contributed by atoms with Gasteiger partial charge in [-0.2, -0.15) is 0 Å². The monoisotopic (exact) mass is 381 g/mol. The molecule has 0 aliphatic heterocycles. The number of H-pyrrole nitrogens is 1. The Balaban J connectivity index is 1.84. The molecule has 1 heterocycles. The number of aromatic amines is 1. The molecule has 0 spiro atoms. The first-order chi connectivity index (χ1) is 13.0. The zero-order valence-electron chi connectivity index (χ0n) is 15.5. The lowest BCUT2D eigenvalue weighted by Crippen LogP contribution is -2.37. The number of rotatable bonds is 5. The molecule has 0 radical (unpaired) electrons. The molecule has 1 aromatic heterocycles. The molecule has 0 unspecified atom stereocenters. The minimum absolute atomic E-state index is 0.0552. The molecule has 3 aromatic rings. The molecule has 0 atom stereocenters. The molecule has 0 bridgehead atoms. The highest BCUT2D eigenvalue weighted by Crippen LogP contribution is 2.15. The Labute approximate surface area is 163 Å². The number of aryl methyl sites for hydroxylation is 2. The summed E-state index contributed by atoms with van der Waals surface area (Å²) in [5, 5.41) is 14.0. The van der Waals surface area contributed by atoms with Crippen molar-refractivity contribution in [3.8, 4) is 0 Å². The van der Waals surface area contributed by atoms with Gasteiger partial charge in [0.05, 0.1) is 13.2 Å². The predicted molar refractivity (Wildman–Crippen MR) is 114 cm³/mol. The van der Waals surface area contributed by atoms with Crippen molar-refractivity contribution < 1.29 is 5.11 Å². The second-order valence-corrected chi connectivity index (χ2v) is 7.04. The highest BCUT2D eigenvalue weighted by molar-refractivity contribution is 7.80. The Kier molecular flexibility index (Phi) is 5.88. The molecule has 0 amide bonds. The van der Waals surface area contributed by atoms with Crippen LogP contribution in [0.1, 0.15) is 16.7 Å². The quantitative estimate of drug-likeness (QED) is 0.592. The lowest BCUT2D eigenvalue weighted by molar-refractivity contribution is 0.248. The molecule has 0 aliphatic carbocycles. The average Bonchev–Trinajstić information content (AvgIpc) is 2.64. The number of aliphatic hydroxyl groups is 1. The average molecular weight is 382 g/mol. The second kappa shape index (κ2) is 8.33. The van der Waals surface area contributed by atoms with Crippen molar-refractivity contribution in [3.63, 3.8) is 0 Å². The number of pyridine rings is 1. The minimum Gasteiger partial charge on any atom is -0.395 e. The topological polar surface area (TPSA) is 68.4 Å². The van der Waals surface area contributed by atoms with Gasteiger partial charge in [0.25, 0.3) is 5.56 Å². The number of aromatic nitrogens is 1. The summed E-state index contributed by atoms with van der Waals surface area (Å²) in [6.45, 7) is 4.64. The number of thiocarbonyl (C=S) groups is 1. The van der Waals surface area contributed by atoms with Crippen molar-refractivity contribution in [1.82, 2.24) is 9.88 Å². The number of hydrogen-bond acceptors (Lipinski definition) is 3. The van der Waals surface area contributed by atoms with E-state index in [2.05, 4.69) is 10.3 Å².